The number of piperidine rings is 1. The summed E-state index contributed by atoms with van der Waals surface area (Å²) < 4.78 is 0.349. The highest BCUT2D eigenvalue weighted by atomic mass is 79.9. The first-order chi connectivity index (χ1) is 18.8. The lowest BCUT2D eigenvalue weighted by Gasteiger charge is -2.47. The number of H-pyrrole nitrogens is 1. The lowest BCUT2D eigenvalue weighted by atomic mass is 9.88. The Hall–Kier alpha value is -3.76. The Kier molecular flexibility index (Phi) is 6.60. The number of rotatable bonds is 5. The van der Waals surface area contributed by atoms with Crippen LogP contribution in [0.2, 0.25) is 0 Å². The van der Waals surface area contributed by atoms with Gasteiger partial charge in [-0.1, -0.05) is 30.3 Å². The second-order valence-electron chi connectivity index (χ2n) is 10.5. The standard InChI is InChI=1S/C29H29BrN6O3/c1-18-13-19(14-21-16-31-34-27(18)21)9-10-23-15-22(35-17-20-5-2-3-6-24(20)32-28(35)37)11-12-36(23,29(38)39)26-8-4-7-25(30)33-26/h2-8,13-14,16,22-23H,9-12,15,17H2,1H3,(H2-,31,32,34,37,38,39)/p+1. The summed E-state index contributed by atoms with van der Waals surface area (Å²) in [5, 5.41) is 22.0. The number of carboxylic acid groups (broad SMARTS) is 1. The summed E-state index contributed by atoms with van der Waals surface area (Å²) in [6, 6.07) is 17.0. The Bertz CT molecular complexity index is 1570. The molecule has 3 amide bonds. The van der Waals surface area contributed by atoms with Crippen LogP contribution in [-0.2, 0) is 13.0 Å². The van der Waals surface area contributed by atoms with Gasteiger partial charge >= 0.3 is 12.1 Å². The van der Waals surface area contributed by atoms with Crippen LogP contribution in [0, 0.1) is 6.92 Å². The van der Waals surface area contributed by atoms with Gasteiger partial charge in [0.2, 0.25) is 5.82 Å². The molecular weight excluding hydrogens is 560 g/mol. The zero-order valence-corrected chi connectivity index (χ0v) is 23.2. The van der Waals surface area contributed by atoms with Crippen molar-refractivity contribution in [3.05, 3.63) is 82.1 Å². The number of hydrogen-bond acceptors (Lipinski definition) is 4. The van der Waals surface area contributed by atoms with Crippen LogP contribution in [0.15, 0.2) is 65.4 Å². The molecule has 0 saturated carbocycles. The van der Waals surface area contributed by atoms with Crippen LogP contribution in [0.3, 0.4) is 0 Å². The summed E-state index contributed by atoms with van der Waals surface area (Å²) in [6.45, 7) is 2.91. The zero-order chi connectivity index (χ0) is 27.1. The van der Waals surface area contributed by atoms with Crippen molar-refractivity contribution in [2.45, 2.75) is 51.2 Å². The fourth-order valence-electron chi connectivity index (χ4n) is 6.35. The number of quaternary nitrogens is 1. The number of halogens is 1. The largest absolute Gasteiger partial charge is 0.520 e. The maximum absolute atomic E-state index is 13.2. The number of urea groups is 1. The molecule has 6 rings (SSSR count). The molecule has 1 fully saturated rings. The molecule has 9 nitrogen and oxygen atoms in total. The van der Waals surface area contributed by atoms with E-state index in [2.05, 4.69) is 55.5 Å². The number of carbonyl (C=O) groups is 2. The zero-order valence-electron chi connectivity index (χ0n) is 21.6. The average Bonchev–Trinajstić information content (AvgIpc) is 3.41. The van der Waals surface area contributed by atoms with Gasteiger partial charge in [-0.3, -0.25) is 5.10 Å². The summed E-state index contributed by atoms with van der Waals surface area (Å²) in [5.74, 6) is 0.509. The van der Waals surface area contributed by atoms with Crippen LogP contribution in [-0.4, -0.2) is 55.9 Å². The second-order valence-corrected chi connectivity index (χ2v) is 11.3. The number of likely N-dealkylation sites (tertiary alicyclic amines) is 1. The topological polar surface area (TPSA) is 111 Å². The van der Waals surface area contributed by atoms with Gasteiger partial charge in [-0.2, -0.15) is 19.4 Å². The summed E-state index contributed by atoms with van der Waals surface area (Å²) in [4.78, 5) is 32.8. The molecule has 0 bridgehead atoms. The van der Waals surface area contributed by atoms with Crippen molar-refractivity contribution in [2.75, 3.05) is 11.9 Å². The van der Waals surface area contributed by atoms with Gasteiger partial charge in [0.1, 0.15) is 10.6 Å². The molecule has 39 heavy (non-hydrogen) atoms. The second kappa shape index (κ2) is 10.1. The van der Waals surface area contributed by atoms with Crippen LogP contribution < -0.4 is 9.80 Å². The third kappa shape index (κ3) is 4.57. The van der Waals surface area contributed by atoms with Gasteiger partial charge in [0.15, 0.2) is 0 Å². The van der Waals surface area contributed by atoms with E-state index >= 15 is 0 Å². The number of pyridine rings is 1. The minimum Gasteiger partial charge on any atom is -0.435 e. The molecule has 3 atom stereocenters. The van der Waals surface area contributed by atoms with E-state index in [1.54, 1.807) is 6.07 Å². The van der Waals surface area contributed by atoms with E-state index in [-0.39, 0.29) is 22.6 Å². The third-order valence-corrected chi connectivity index (χ3v) is 8.75. The van der Waals surface area contributed by atoms with Crippen molar-refractivity contribution in [1.29, 1.82) is 0 Å². The normalized spacial score (nSPS) is 22.9. The number of nitrogens with zero attached hydrogens (tertiary/aromatic N) is 4. The molecule has 1 saturated heterocycles. The molecular formula is C29H30BrN6O3+. The molecule has 0 radical (unpaired) electrons. The molecule has 2 aliphatic rings. The van der Waals surface area contributed by atoms with Crippen molar-refractivity contribution < 1.29 is 14.7 Å². The number of carbonyl (C=O) groups excluding carboxylic acids is 1. The van der Waals surface area contributed by atoms with Crippen LogP contribution in [0.1, 0.15) is 36.0 Å². The average molecular weight is 591 g/mol. The molecule has 0 aliphatic carbocycles. The van der Waals surface area contributed by atoms with Crippen molar-refractivity contribution in [3.8, 4) is 0 Å². The van der Waals surface area contributed by atoms with Gasteiger partial charge in [-0.05, 0) is 64.2 Å². The first-order valence-electron chi connectivity index (χ1n) is 13.2. The quantitative estimate of drug-likeness (QED) is 0.189. The van der Waals surface area contributed by atoms with Crippen molar-refractivity contribution in [1.82, 2.24) is 24.6 Å². The highest BCUT2D eigenvalue weighted by molar-refractivity contribution is 9.10. The highest BCUT2D eigenvalue weighted by Gasteiger charge is 2.53. The third-order valence-electron chi connectivity index (χ3n) is 8.31. The molecule has 3 unspecified atom stereocenters. The number of hydrogen-bond donors (Lipinski definition) is 3. The lowest BCUT2D eigenvalue weighted by Crippen LogP contribution is -2.67. The van der Waals surface area contributed by atoms with Gasteiger partial charge in [0.05, 0.1) is 18.3 Å². The number of nitrogens with one attached hydrogen (secondary N) is 2. The van der Waals surface area contributed by atoms with Crippen LogP contribution in [0.5, 0.6) is 0 Å². The molecule has 4 aromatic rings. The van der Waals surface area contributed by atoms with Gasteiger partial charge in [0.25, 0.3) is 0 Å². The van der Waals surface area contributed by atoms with Crippen LogP contribution >= 0.6 is 15.9 Å². The van der Waals surface area contributed by atoms with Gasteiger partial charge in [0, 0.05) is 49.0 Å². The number of fused-ring (bicyclic) bond motifs is 2. The number of aromatic nitrogens is 3. The molecule has 2 aromatic carbocycles. The van der Waals surface area contributed by atoms with E-state index in [1.807, 2.05) is 47.5 Å². The van der Waals surface area contributed by atoms with Crippen LogP contribution in [0.25, 0.3) is 10.9 Å². The monoisotopic (exact) mass is 589 g/mol. The minimum absolute atomic E-state index is 0.0841. The maximum Gasteiger partial charge on any atom is 0.520 e. The number of amides is 3. The molecule has 200 valence electrons. The highest BCUT2D eigenvalue weighted by Crippen LogP contribution is 2.38. The summed E-state index contributed by atoms with van der Waals surface area (Å²) in [5.41, 5.74) is 5.17. The Labute approximate surface area is 234 Å². The molecule has 10 heteroatoms. The predicted octanol–water partition coefficient (Wildman–Crippen LogP) is 6.23. The Morgan fingerprint density at radius 1 is 1.21 bits per heavy atom. The number of aromatic amines is 1. The first-order valence-corrected chi connectivity index (χ1v) is 14.0. The fourth-order valence-corrected chi connectivity index (χ4v) is 6.68. The predicted molar refractivity (Wildman–Crippen MR) is 154 cm³/mol. The Balaban J connectivity index is 1.34. The SMILES string of the molecule is Cc1cc(CCC2CC(N3Cc4ccccc4NC3=O)CC[N+]2(C(=O)O)c2cccc(Br)n2)cc2cn[nH]c12. The molecule has 3 N–H and O–H groups in total. The van der Waals surface area contributed by atoms with Crippen molar-refractivity contribution in [3.63, 3.8) is 0 Å². The lowest BCUT2D eigenvalue weighted by molar-refractivity contribution is 0.0688. The van der Waals surface area contributed by atoms with Crippen LogP contribution in [0.4, 0.5) is 21.1 Å². The Morgan fingerprint density at radius 2 is 2.05 bits per heavy atom. The van der Waals surface area contributed by atoms with Crippen molar-refractivity contribution >= 4 is 50.5 Å². The summed E-state index contributed by atoms with van der Waals surface area (Å²) >= 11 is 3.44. The smallest absolute Gasteiger partial charge is 0.435 e. The fraction of sp³-hybridized carbons (Fsp3) is 0.310. The number of aryl methyl sites for hydroxylation is 2. The van der Waals surface area contributed by atoms with Gasteiger partial charge < -0.3 is 15.3 Å². The maximum atomic E-state index is 13.2. The van der Waals surface area contributed by atoms with Gasteiger partial charge in [-0.25, -0.2) is 4.79 Å². The van der Waals surface area contributed by atoms with Gasteiger partial charge in [-0.15, -0.1) is 0 Å². The van der Waals surface area contributed by atoms with E-state index in [0.29, 0.717) is 49.2 Å². The molecule has 2 aromatic heterocycles. The number of para-hydroxylation sites is 1. The van der Waals surface area contributed by atoms with E-state index in [9.17, 15) is 14.7 Å². The minimum atomic E-state index is -0.918. The number of benzene rings is 2. The molecule has 0 spiro atoms. The Morgan fingerprint density at radius 3 is 2.87 bits per heavy atom. The van der Waals surface area contributed by atoms with E-state index < -0.39 is 6.09 Å². The summed E-state index contributed by atoms with van der Waals surface area (Å²) in [6.07, 6.45) is 3.36. The number of anilines is 1. The van der Waals surface area contributed by atoms with E-state index in [1.165, 1.54) is 0 Å². The van der Waals surface area contributed by atoms with E-state index in [0.717, 1.165) is 33.3 Å². The summed E-state index contributed by atoms with van der Waals surface area (Å²) in [7, 11) is 0. The first kappa shape index (κ1) is 25.5. The molecule has 4 heterocycles. The molecule has 2 aliphatic heterocycles. The van der Waals surface area contributed by atoms with E-state index in [4.69, 9.17) is 0 Å². The van der Waals surface area contributed by atoms with Crippen molar-refractivity contribution in [2.24, 2.45) is 0 Å².